The second-order valence-corrected chi connectivity index (χ2v) is 4.86. The maximum Gasteiger partial charge on any atom is 0.188 e. The van der Waals surface area contributed by atoms with E-state index in [0.29, 0.717) is 5.69 Å². The number of nitrogens with zero attached hydrogens (tertiary/aromatic N) is 3. The predicted molar refractivity (Wildman–Crippen MR) is 81.2 cm³/mol. The molecule has 0 fully saturated rings. The number of aryl methyl sites for hydroxylation is 1. The van der Waals surface area contributed by atoms with E-state index >= 15 is 0 Å². The molecule has 4 nitrogen and oxygen atoms in total. The van der Waals surface area contributed by atoms with Crippen LogP contribution in [0.1, 0.15) is 28.7 Å². The van der Waals surface area contributed by atoms with Crippen molar-refractivity contribution in [3.05, 3.63) is 65.7 Å². The van der Waals surface area contributed by atoms with Gasteiger partial charge in [0.25, 0.3) is 0 Å². The molecule has 1 aromatic carbocycles. The monoisotopic (exact) mass is 277 g/mol. The van der Waals surface area contributed by atoms with Gasteiger partial charge in [0, 0.05) is 11.9 Å². The first-order valence-corrected chi connectivity index (χ1v) is 6.95. The summed E-state index contributed by atoms with van der Waals surface area (Å²) in [6.07, 6.45) is 4.54. The zero-order valence-electron chi connectivity index (χ0n) is 11.8. The average Bonchev–Trinajstić information content (AvgIpc) is 2.55. The molecular weight excluding hydrogens is 262 g/mol. The molecule has 0 aliphatic rings. The van der Waals surface area contributed by atoms with Gasteiger partial charge >= 0.3 is 0 Å². The van der Waals surface area contributed by atoms with Gasteiger partial charge < -0.3 is 0 Å². The average molecular weight is 277 g/mol. The first-order chi connectivity index (χ1) is 10.3. The fourth-order valence-corrected chi connectivity index (χ4v) is 2.12. The van der Waals surface area contributed by atoms with Crippen LogP contribution in [-0.4, -0.2) is 20.7 Å². The van der Waals surface area contributed by atoms with Crippen LogP contribution < -0.4 is 0 Å². The highest BCUT2D eigenvalue weighted by Crippen LogP contribution is 2.10. The third-order valence-electron chi connectivity index (χ3n) is 3.37. The van der Waals surface area contributed by atoms with Gasteiger partial charge in [-0.15, -0.1) is 0 Å². The predicted octanol–water partition coefficient (Wildman–Crippen LogP) is 3.01. The Balaban J connectivity index is 1.82. The Morgan fingerprint density at radius 1 is 1.00 bits per heavy atom. The summed E-state index contributed by atoms with van der Waals surface area (Å²) in [4.78, 5) is 25.2. The lowest BCUT2D eigenvalue weighted by atomic mass is 10.1. The summed E-state index contributed by atoms with van der Waals surface area (Å²) in [5.41, 5.74) is 3.83. The Morgan fingerprint density at radius 2 is 1.81 bits per heavy atom. The lowest BCUT2D eigenvalue weighted by Crippen LogP contribution is -2.08. The first-order valence-electron chi connectivity index (χ1n) is 6.95. The smallest absolute Gasteiger partial charge is 0.188 e. The zero-order valence-corrected chi connectivity index (χ0v) is 11.8. The Morgan fingerprint density at radius 3 is 2.52 bits per heavy atom. The molecule has 2 aromatic heterocycles. The molecular formula is C17H15N3O. The van der Waals surface area contributed by atoms with Crippen LogP contribution in [0.25, 0.3) is 11.0 Å². The molecule has 0 N–H and O–H groups in total. The van der Waals surface area contributed by atoms with Gasteiger partial charge in [-0.3, -0.25) is 14.8 Å². The molecule has 104 valence electrons. The highest BCUT2D eigenvalue weighted by Gasteiger charge is 2.11. The number of fused-ring (bicyclic) bond motifs is 1. The van der Waals surface area contributed by atoms with Crippen molar-refractivity contribution in [3.8, 4) is 0 Å². The van der Waals surface area contributed by atoms with E-state index in [2.05, 4.69) is 21.9 Å². The molecule has 3 aromatic rings. The number of carbonyl (C=O) groups is 1. The van der Waals surface area contributed by atoms with E-state index in [1.54, 1.807) is 0 Å². The normalized spacial score (nSPS) is 10.7. The molecule has 2 heterocycles. The van der Waals surface area contributed by atoms with Crippen LogP contribution in [0.3, 0.4) is 0 Å². The van der Waals surface area contributed by atoms with Crippen LogP contribution in [0, 0.1) is 0 Å². The summed E-state index contributed by atoms with van der Waals surface area (Å²) in [6, 6.07) is 11.4. The number of rotatable bonds is 4. The van der Waals surface area contributed by atoms with Crippen LogP contribution in [-0.2, 0) is 12.8 Å². The molecule has 4 heteroatoms. The van der Waals surface area contributed by atoms with Crippen molar-refractivity contribution >= 4 is 16.8 Å². The van der Waals surface area contributed by atoms with Crippen LogP contribution in [0.15, 0.2) is 48.8 Å². The number of aromatic nitrogens is 3. The van der Waals surface area contributed by atoms with Gasteiger partial charge in [0.05, 0.1) is 23.7 Å². The number of para-hydroxylation sites is 2. The van der Waals surface area contributed by atoms with E-state index in [9.17, 15) is 4.79 Å². The van der Waals surface area contributed by atoms with E-state index in [1.807, 2.05) is 42.6 Å². The minimum atomic E-state index is -0.0648. The van der Waals surface area contributed by atoms with Crippen molar-refractivity contribution < 1.29 is 4.79 Å². The third-order valence-corrected chi connectivity index (χ3v) is 3.37. The van der Waals surface area contributed by atoms with E-state index in [0.717, 1.165) is 28.7 Å². The van der Waals surface area contributed by atoms with Crippen molar-refractivity contribution in [3.63, 3.8) is 0 Å². The van der Waals surface area contributed by atoms with Crippen molar-refractivity contribution in [2.75, 3.05) is 0 Å². The molecule has 0 aliphatic carbocycles. The fourth-order valence-electron chi connectivity index (χ4n) is 2.12. The highest BCUT2D eigenvalue weighted by atomic mass is 16.1. The second kappa shape index (κ2) is 5.79. The van der Waals surface area contributed by atoms with Gasteiger partial charge in [-0.2, -0.15) is 0 Å². The Hall–Kier alpha value is -2.62. The SMILES string of the molecule is CCc1ccc(CC(=O)c2cnc3ccccc3n2)nc1. The molecule has 3 rings (SSSR count). The highest BCUT2D eigenvalue weighted by molar-refractivity contribution is 5.96. The zero-order chi connectivity index (χ0) is 14.7. The van der Waals surface area contributed by atoms with Crippen molar-refractivity contribution in [1.82, 2.24) is 15.0 Å². The molecule has 0 atom stereocenters. The summed E-state index contributed by atoms with van der Waals surface area (Å²) in [7, 11) is 0. The number of pyridine rings is 1. The van der Waals surface area contributed by atoms with Gasteiger partial charge in [0.1, 0.15) is 5.69 Å². The maximum absolute atomic E-state index is 12.3. The van der Waals surface area contributed by atoms with Crippen LogP contribution in [0.2, 0.25) is 0 Å². The van der Waals surface area contributed by atoms with Crippen LogP contribution in [0.4, 0.5) is 0 Å². The van der Waals surface area contributed by atoms with Crippen molar-refractivity contribution in [1.29, 1.82) is 0 Å². The van der Waals surface area contributed by atoms with Crippen LogP contribution in [0.5, 0.6) is 0 Å². The van der Waals surface area contributed by atoms with E-state index < -0.39 is 0 Å². The summed E-state index contributed by atoms with van der Waals surface area (Å²) >= 11 is 0. The maximum atomic E-state index is 12.3. The van der Waals surface area contributed by atoms with Gasteiger partial charge in [0.15, 0.2) is 5.78 Å². The summed E-state index contributed by atoms with van der Waals surface area (Å²) < 4.78 is 0. The number of carbonyl (C=O) groups excluding carboxylic acids is 1. The lowest BCUT2D eigenvalue weighted by molar-refractivity contribution is 0.0987. The van der Waals surface area contributed by atoms with Gasteiger partial charge in [-0.25, -0.2) is 4.98 Å². The van der Waals surface area contributed by atoms with E-state index in [-0.39, 0.29) is 12.2 Å². The third kappa shape index (κ3) is 2.94. The fraction of sp³-hybridized carbons (Fsp3) is 0.176. The molecule has 0 spiro atoms. The number of benzene rings is 1. The Kier molecular flexibility index (Phi) is 3.69. The molecule has 0 saturated carbocycles. The Bertz CT molecular complexity index is 781. The van der Waals surface area contributed by atoms with Gasteiger partial charge in [-0.05, 0) is 30.2 Å². The molecule has 21 heavy (non-hydrogen) atoms. The van der Waals surface area contributed by atoms with E-state index in [1.165, 1.54) is 6.20 Å². The summed E-state index contributed by atoms with van der Waals surface area (Å²) in [5, 5.41) is 0. The topological polar surface area (TPSA) is 55.7 Å². The van der Waals surface area contributed by atoms with Gasteiger partial charge in [-0.1, -0.05) is 25.1 Å². The molecule has 0 bridgehead atoms. The molecule has 0 unspecified atom stereocenters. The van der Waals surface area contributed by atoms with Crippen molar-refractivity contribution in [2.24, 2.45) is 0 Å². The number of hydrogen-bond acceptors (Lipinski definition) is 4. The van der Waals surface area contributed by atoms with Gasteiger partial charge in [0.2, 0.25) is 0 Å². The Labute approximate surface area is 122 Å². The van der Waals surface area contributed by atoms with Crippen molar-refractivity contribution in [2.45, 2.75) is 19.8 Å². The molecule has 0 radical (unpaired) electrons. The minimum absolute atomic E-state index is 0.0648. The number of Topliss-reactive ketones (excluding diaryl/α,β-unsaturated/α-hetero) is 1. The number of hydrogen-bond donors (Lipinski definition) is 0. The number of ketones is 1. The van der Waals surface area contributed by atoms with Crippen LogP contribution >= 0.6 is 0 Å². The quantitative estimate of drug-likeness (QED) is 0.688. The minimum Gasteiger partial charge on any atom is -0.292 e. The second-order valence-electron chi connectivity index (χ2n) is 4.86. The summed E-state index contributed by atoms with van der Waals surface area (Å²) in [6.45, 7) is 2.08. The standard InChI is InChI=1S/C17H15N3O/c1-2-12-7-8-13(18-10-12)9-17(21)16-11-19-14-5-3-4-6-15(14)20-16/h3-8,10-11H,2,9H2,1H3. The summed E-state index contributed by atoms with van der Waals surface area (Å²) in [5.74, 6) is -0.0648. The van der Waals surface area contributed by atoms with E-state index in [4.69, 9.17) is 0 Å². The molecule has 0 amide bonds. The molecule has 0 aliphatic heterocycles. The first kappa shape index (κ1) is 13.4. The molecule has 0 saturated heterocycles. The lowest BCUT2D eigenvalue weighted by Gasteiger charge is -2.03. The largest absolute Gasteiger partial charge is 0.292 e.